The topological polar surface area (TPSA) is 50.1 Å². The van der Waals surface area contributed by atoms with Crippen molar-refractivity contribution in [1.29, 1.82) is 0 Å². The van der Waals surface area contributed by atoms with Gasteiger partial charge in [0.25, 0.3) is 0 Å². The van der Waals surface area contributed by atoms with Crippen LogP contribution in [0.25, 0.3) is 5.69 Å². The van der Waals surface area contributed by atoms with Crippen LogP contribution >= 0.6 is 0 Å². The summed E-state index contributed by atoms with van der Waals surface area (Å²) in [6, 6.07) is 3.49. The highest BCUT2D eigenvalue weighted by Gasteiger charge is 2.28. The van der Waals surface area contributed by atoms with Crippen LogP contribution in [-0.2, 0) is 6.54 Å². The van der Waals surface area contributed by atoms with Gasteiger partial charge in [-0.2, -0.15) is 5.10 Å². The molecule has 1 aromatic carbocycles. The summed E-state index contributed by atoms with van der Waals surface area (Å²) in [7, 11) is 0. The lowest BCUT2D eigenvalue weighted by Gasteiger charge is -2.32. The third kappa shape index (κ3) is 3.90. The molecule has 2 N–H and O–H groups in total. The smallest absolute Gasteiger partial charge is 0.151 e. The maximum Gasteiger partial charge on any atom is 0.151 e. The van der Waals surface area contributed by atoms with Crippen LogP contribution in [0.4, 0.5) is 8.78 Å². The number of halogens is 2. The molecule has 3 rings (SSSR count). The molecule has 0 atom stereocenters. The highest BCUT2D eigenvalue weighted by atomic mass is 19.1. The molecule has 1 aliphatic rings. The first-order chi connectivity index (χ1) is 11.9. The van der Waals surface area contributed by atoms with Gasteiger partial charge in [-0.25, -0.2) is 13.5 Å². The Bertz CT molecular complexity index is 751. The molecular weight excluding hydrogens is 324 g/mol. The first-order valence-corrected chi connectivity index (χ1v) is 8.83. The maximum atomic E-state index is 14.1. The second-order valence-electron chi connectivity index (χ2n) is 7.05. The molecule has 1 saturated carbocycles. The number of rotatable bonds is 5. The van der Waals surface area contributed by atoms with E-state index in [2.05, 4.69) is 10.4 Å². The maximum absolute atomic E-state index is 14.1. The van der Waals surface area contributed by atoms with Crippen LogP contribution in [0.5, 0.6) is 0 Å². The van der Waals surface area contributed by atoms with E-state index in [-0.39, 0.29) is 5.69 Å². The van der Waals surface area contributed by atoms with Gasteiger partial charge >= 0.3 is 0 Å². The molecule has 1 aromatic heterocycles. The van der Waals surface area contributed by atoms with Crippen LogP contribution in [0, 0.1) is 25.5 Å². The molecule has 25 heavy (non-hydrogen) atoms. The monoisotopic (exact) mass is 349 g/mol. The Morgan fingerprint density at radius 2 is 1.92 bits per heavy atom. The van der Waals surface area contributed by atoms with E-state index >= 15 is 0 Å². The standard InChI is InChI=1S/C19H25F2N3O/c1-13-16(11-22-12-19(25)8-4-3-5-9-19)14(2)24(23-13)18-7-6-15(20)10-17(18)21/h6-7,10,22,25H,3-5,8-9,11-12H2,1-2H3. The number of hydrogen-bond donors (Lipinski definition) is 2. The molecule has 1 fully saturated rings. The molecule has 136 valence electrons. The number of aromatic nitrogens is 2. The summed E-state index contributed by atoms with van der Waals surface area (Å²) in [6.45, 7) is 4.84. The molecule has 0 spiro atoms. The quantitative estimate of drug-likeness (QED) is 0.868. The average molecular weight is 349 g/mol. The van der Waals surface area contributed by atoms with Gasteiger partial charge in [0.2, 0.25) is 0 Å². The Balaban J connectivity index is 1.73. The Hall–Kier alpha value is -1.79. The van der Waals surface area contributed by atoms with E-state index < -0.39 is 17.2 Å². The lowest BCUT2D eigenvalue weighted by atomic mass is 9.85. The van der Waals surface area contributed by atoms with Crippen LogP contribution in [0.2, 0.25) is 0 Å². The molecule has 0 bridgehead atoms. The van der Waals surface area contributed by atoms with E-state index in [0.717, 1.165) is 48.7 Å². The van der Waals surface area contributed by atoms with Gasteiger partial charge in [0.05, 0.1) is 11.3 Å². The number of benzene rings is 1. The number of nitrogens with one attached hydrogen (secondary N) is 1. The van der Waals surface area contributed by atoms with Crippen LogP contribution in [-0.4, -0.2) is 27.0 Å². The Morgan fingerprint density at radius 1 is 1.20 bits per heavy atom. The van der Waals surface area contributed by atoms with E-state index in [1.165, 1.54) is 23.2 Å². The molecule has 0 unspecified atom stereocenters. The van der Waals surface area contributed by atoms with Crippen molar-refractivity contribution in [2.45, 2.75) is 58.1 Å². The minimum absolute atomic E-state index is 0.235. The molecule has 4 nitrogen and oxygen atoms in total. The third-order valence-electron chi connectivity index (χ3n) is 5.12. The molecular formula is C19H25F2N3O. The molecule has 1 heterocycles. The van der Waals surface area contributed by atoms with Crippen molar-refractivity contribution < 1.29 is 13.9 Å². The second-order valence-corrected chi connectivity index (χ2v) is 7.05. The van der Waals surface area contributed by atoms with Crippen molar-refractivity contribution in [3.63, 3.8) is 0 Å². The molecule has 0 amide bonds. The second kappa shape index (κ2) is 7.22. The molecule has 0 radical (unpaired) electrons. The number of aryl methyl sites for hydroxylation is 1. The average Bonchev–Trinajstić information content (AvgIpc) is 2.83. The Morgan fingerprint density at radius 3 is 2.60 bits per heavy atom. The normalized spacial score (nSPS) is 17.0. The summed E-state index contributed by atoms with van der Waals surface area (Å²) in [5.41, 5.74) is 2.19. The third-order valence-corrected chi connectivity index (χ3v) is 5.12. The van der Waals surface area contributed by atoms with E-state index in [0.29, 0.717) is 13.1 Å². The van der Waals surface area contributed by atoms with E-state index in [4.69, 9.17) is 0 Å². The van der Waals surface area contributed by atoms with Crippen LogP contribution < -0.4 is 5.32 Å². The van der Waals surface area contributed by atoms with Crippen molar-refractivity contribution in [3.8, 4) is 5.69 Å². The van der Waals surface area contributed by atoms with Gasteiger partial charge in [-0.3, -0.25) is 0 Å². The molecule has 1 aliphatic carbocycles. The zero-order chi connectivity index (χ0) is 18.0. The molecule has 0 aliphatic heterocycles. The summed E-state index contributed by atoms with van der Waals surface area (Å²) in [5, 5.41) is 18.3. The number of nitrogens with zero attached hydrogens (tertiary/aromatic N) is 2. The van der Waals surface area contributed by atoms with Crippen LogP contribution in [0.15, 0.2) is 18.2 Å². The van der Waals surface area contributed by atoms with Crippen molar-refractivity contribution in [1.82, 2.24) is 15.1 Å². The van der Waals surface area contributed by atoms with Gasteiger partial charge in [-0.15, -0.1) is 0 Å². The number of aliphatic hydroxyl groups is 1. The zero-order valence-corrected chi connectivity index (χ0v) is 14.8. The first-order valence-electron chi connectivity index (χ1n) is 8.83. The largest absolute Gasteiger partial charge is 0.389 e. The predicted molar refractivity (Wildman–Crippen MR) is 92.7 cm³/mol. The first kappa shape index (κ1) is 18.0. The molecule has 6 heteroatoms. The lowest BCUT2D eigenvalue weighted by molar-refractivity contribution is 0.00465. The Labute approximate surface area is 146 Å². The SMILES string of the molecule is Cc1nn(-c2ccc(F)cc2F)c(C)c1CNCC1(O)CCCCC1. The minimum atomic E-state index is -0.637. The lowest BCUT2D eigenvalue weighted by Crippen LogP contribution is -2.42. The number of hydrogen-bond acceptors (Lipinski definition) is 3. The van der Waals surface area contributed by atoms with Crippen LogP contribution in [0.1, 0.15) is 49.1 Å². The van der Waals surface area contributed by atoms with Gasteiger partial charge in [0.15, 0.2) is 5.82 Å². The summed E-state index contributed by atoms with van der Waals surface area (Å²) < 4.78 is 28.7. The van der Waals surface area contributed by atoms with E-state index in [9.17, 15) is 13.9 Å². The predicted octanol–water partition coefficient (Wildman–Crippen LogP) is 3.55. The van der Waals surface area contributed by atoms with Crippen LogP contribution in [0.3, 0.4) is 0 Å². The summed E-state index contributed by atoms with van der Waals surface area (Å²) in [6.07, 6.45) is 4.99. The summed E-state index contributed by atoms with van der Waals surface area (Å²) in [5.74, 6) is -1.24. The summed E-state index contributed by atoms with van der Waals surface area (Å²) in [4.78, 5) is 0. The fourth-order valence-corrected chi connectivity index (χ4v) is 3.63. The van der Waals surface area contributed by atoms with Crippen molar-refractivity contribution in [3.05, 3.63) is 46.8 Å². The fraction of sp³-hybridized carbons (Fsp3) is 0.526. The summed E-state index contributed by atoms with van der Waals surface area (Å²) >= 11 is 0. The van der Waals surface area contributed by atoms with Gasteiger partial charge in [-0.1, -0.05) is 19.3 Å². The Kier molecular flexibility index (Phi) is 5.20. The minimum Gasteiger partial charge on any atom is -0.389 e. The fourth-order valence-electron chi connectivity index (χ4n) is 3.63. The van der Waals surface area contributed by atoms with E-state index in [1.54, 1.807) is 0 Å². The van der Waals surface area contributed by atoms with Gasteiger partial charge in [0, 0.05) is 30.4 Å². The van der Waals surface area contributed by atoms with Gasteiger partial charge < -0.3 is 10.4 Å². The van der Waals surface area contributed by atoms with Crippen molar-refractivity contribution in [2.75, 3.05) is 6.54 Å². The van der Waals surface area contributed by atoms with Crippen molar-refractivity contribution in [2.24, 2.45) is 0 Å². The van der Waals surface area contributed by atoms with Gasteiger partial charge in [-0.05, 0) is 38.8 Å². The van der Waals surface area contributed by atoms with E-state index in [1.807, 2.05) is 13.8 Å². The van der Waals surface area contributed by atoms with Crippen molar-refractivity contribution >= 4 is 0 Å². The highest BCUT2D eigenvalue weighted by molar-refractivity contribution is 5.38. The highest BCUT2D eigenvalue weighted by Crippen LogP contribution is 2.27. The zero-order valence-electron chi connectivity index (χ0n) is 14.8. The molecule has 0 saturated heterocycles. The van der Waals surface area contributed by atoms with Gasteiger partial charge in [0.1, 0.15) is 11.5 Å². The molecule has 2 aromatic rings.